The molecule has 41 heavy (non-hydrogen) atoms. The molecular formula is C29H38N8O4. The van der Waals surface area contributed by atoms with Gasteiger partial charge in [-0.15, -0.1) is 0 Å². The number of methoxy groups -OCH3 is 2. The van der Waals surface area contributed by atoms with E-state index in [2.05, 4.69) is 32.8 Å². The zero-order valence-electron chi connectivity index (χ0n) is 24.2. The molecule has 5 N–H and O–H groups in total. The summed E-state index contributed by atoms with van der Waals surface area (Å²) in [5.74, 6) is 0.619. The van der Waals surface area contributed by atoms with Gasteiger partial charge in [0, 0.05) is 49.4 Å². The number of primary amides is 1. The number of nitriles is 1. The second-order valence-electron chi connectivity index (χ2n) is 10.3. The number of benzene rings is 1. The van der Waals surface area contributed by atoms with Crippen molar-refractivity contribution in [1.82, 2.24) is 19.7 Å². The molecule has 3 aromatic rings. The number of amides is 2. The molecule has 0 unspecified atom stereocenters. The summed E-state index contributed by atoms with van der Waals surface area (Å²) in [6.07, 6.45) is 8.68. The molecule has 2 heterocycles. The van der Waals surface area contributed by atoms with Gasteiger partial charge in [-0.3, -0.25) is 14.0 Å². The minimum atomic E-state index is -0.698. The number of nitrogens with two attached hydrogens (primary N) is 1. The summed E-state index contributed by atoms with van der Waals surface area (Å²) in [5.41, 5.74) is 6.44. The maximum atomic E-state index is 12.6. The Balaban J connectivity index is 1.81. The molecule has 0 bridgehead atoms. The standard InChI is InChI=1S/C29H38N8O4/c1-6-7-8-9-10-19(16-30)27(39)33-17-29(2,3)18-34-28-36-25(23(24(31)38)26-32-11-12-37(26)28)35-20-13-21(40-4)15-22(14-20)41-5/h10-15,35H,6-9,17-18H2,1-5H3,(H2,31,38)(H,33,39)(H,34,36)/b19-10+. The van der Waals surface area contributed by atoms with Crippen LogP contribution in [0.5, 0.6) is 11.5 Å². The van der Waals surface area contributed by atoms with E-state index < -0.39 is 17.2 Å². The molecule has 2 amide bonds. The number of nitrogens with one attached hydrogen (secondary N) is 3. The average Bonchev–Trinajstić information content (AvgIpc) is 3.44. The van der Waals surface area contributed by atoms with Gasteiger partial charge in [0.1, 0.15) is 28.7 Å². The van der Waals surface area contributed by atoms with Crippen molar-refractivity contribution in [3.05, 3.63) is 47.8 Å². The lowest BCUT2D eigenvalue weighted by Gasteiger charge is -2.26. The Morgan fingerprint density at radius 3 is 2.46 bits per heavy atom. The molecule has 0 fully saturated rings. The monoisotopic (exact) mass is 562 g/mol. The highest BCUT2D eigenvalue weighted by Crippen LogP contribution is 2.30. The number of carbonyl (C=O) groups excluding carboxylic acids is 2. The lowest BCUT2D eigenvalue weighted by Crippen LogP contribution is -2.38. The topological polar surface area (TPSA) is 169 Å². The first-order chi connectivity index (χ1) is 19.6. The largest absolute Gasteiger partial charge is 0.497 e. The van der Waals surface area contributed by atoms with Crippen LogP contribution in [0.1, 0.15) is 56.8 Å². The van der Waals surface area contributed by atoms with Crippen molar-refractivity contribution in [2.75, 3.05) is 37.9 Å². The summed E-state index contributed by atoms with van der Waals surface area (Å²) in [6.45, 7) is 6.77. The molecule has 0 saturated carbocycles. The van der Waals surface area contributed by atoms with Gasteiger partial charge in [-0.25, -0.2) is 4.98 Å². The van der Waals surface area contributed by atoms with Crippen LogP contribution in [0, 0.1) is 16.7 Å². The van der Waals surface area contributed by atoms with E-state index in [0.717, 1.165) is 19.3 Å². The highest BCUT2D eigenvalue weighted by atomic mass is 16.5. The molecule has 12 nitrogen and oxygen atoms in total. The van der Waals surface area contributed by atoms with Crippen LogP contribution in [-0.2, 0) is 4.79 Å². The van der Waals surface area contributed by atoms with E-state index in [-0.39, 0.29) is 17.0 Å². The van der Waals surface area contributed by atoms with Crippen molar-refractivity contribution in [3.63, 3.8) is 0 Å². The molecule has 0 aliphatic carbocycles. The first-order valence-corrected chi connectivity index (χ1v) is 13.4. The number of aromatic nitrogens is 3. The van der Waals surface area contributed by atoms with Gasteiger partial charge < -0.3 is 31.2 Å². The number of ether oxygens (including phenoxy) is 2. The molecule has 0 radical (unpaired) electrons. The molecule has 2 aromatic heterocycles. The number of fused-ring (bicyclic) bond motifs is 1. The van der Waals surface area contributed by atoms with Crippen molar-refractivity contribution in [2.45, 2.75) is 46.5 Å². The normalized spacial score (nSPS) is 11.6. The number of nitrogens with zero attached hydrogens (tertiary/aromatic N) is 4. The maximum absolute atomic E-state index is 12.6. The summed E-state index contributed by atoms with van der Waals surface area (Å²) in [5, 5.41) is 18.7. The Hall–Kier alpha value is -4.79. The predicted molar refractivity (Wildman–Crippen MR) is 157 cm³/mol. The van der Waals surface area contributed by atoms with Gasteiger partial charge in [0.25, 0.3) is 11.8 Å². The van der Waals surface area contributed by atoms with E-state index in [1.807, 2.05) is 19.9 Å². The highest BCUT2D eigenvalue weighted by Gasteiger charge is 2.24. The average molecular weight is 563 g/mol. The lowest BCUT2D eigenvalue weighted by molar-refractivity contribution is -0.117. The third-order valence-electron chi connectivity index (χ3n) is 6.38. The summed E-state index contributed by atoms with van der Waals surface area (Å²) in [7, 11) is 3.08. The second kappa shape index (κ2) is 14.0. The number of carbonyl (C=O) groups is 2. The summed E-state index contributed by atoms with van der Waals surface area (Å²) >= 11 is 0. The van der Waals surface area contributed by atoms with Gasteiger partial charge >= 0.3 is 0 Å². The van der Waals surface area contributed by atoms with E-state index in [1.165, 1.54) is 0 Å². The third-order valence-corrected chi connectivity index (χ3v) is 6.38. The first kappa shape index (κ1) is 30.7. The number of hydrogen-bond acceptors (Lipinski definition) is 9. The molecule has 1 aromatic carbocycles. The molecule has 12 heteroatoms. The molecule has 0 aliphatic rings. The Kier molecular flexibility index (Phi) is 10.5. The van der Waals surface area contributed by atoms with Crippen LogP contribution in [0.4, 0.5) is 17.5 Å². The number of imidazole rings is 1. The summed E-state index contributed by atoms with van der Waals surface area (Å²) < 4.78 is 12.3. The van der Waals surface area contributed by atoms with E-state index in [1.54, 1.807) is 55.3 Å². The smallest absolute Gasteiger partial charge is 0.261 e. The molecule has 218 valence electrons. The molecule has 0 saturated heterocycles. The second-order valence-corrected chi connectivity index (χ2v) is 10.3. The fourth-order valence-electron chi connectivity index (χ4n) is 4.06. The number of rotatable bonds is 15. The van der Waals surface area contributed by atoms with Gasteiger partial charge in [-0.05, 0) is 18.3 Å². The number of anilines is 3. The quantitative estimate of drug-likeness (QED) is 0.121. The zero-order valence-corrected chi connectivity index (χ0v) is 24.2. The van der Waals surface area contributed by atoms with Crippen molar-refractivity contribution in [1.29, 1.82) is 5.26 Å². The third kappa shape index (κ3) is 8.11. The number of unbranched alkanes of at least 4 members (excludes halogenated alkanes) is 3. The molecule has 0 atom stereocenters. The van der Waals surface area contributed by atoms with Gasteiger partial charge in [0.05, 0.1) is 14.2 Å². The van der Waals surface area contributed by atoms with Gasteiger partial charge in [0.15, 0.2) is 11.5 Å². The molecule has 0 aliphatic heterocycles. The molecule has 3 rings (SSSR count). The first-order valence-electron chi connectivity index (χ1n) is 13.4. The minimum Gasteiger partial charge on any atom is -0.497 e. The van der Waals surface area contributed by atoms with E-state index in [0.29, 0.717) is 48.3 Å². The predicted octanol–water partition coefficient (Wildman–Crippen LogP) is 4.17. The SMILES string of the molecule is CCCCC/C=C(\C#N)C(=O)NCC(C)(C)CNc1nc(Nc2cc(OC)cc(OC)c2)c(C(N)=O)c2nccn12. The van der Waals surface area contributed by atoms with Crippen LogP contribution < -0.4 is 31.2 Å². The fraction of sp³-hybridized carbons (Fsp3) is 0.414. The zero-order chi connectivity index (χ0) is 30.0. The van der Waals surface area contributed by atoms with Crippen molar-refractivity contribution in [2.24, 2.45) is 11.1 Å². The van der Waals surface area contributed by atoms with Gasteiger partial charge in [-0.2, -0.15) is 10.2 Å². The fourth-order valence-corrected chi connectivity index (χ4v) is 4.06. The van der Waals surface area contributed by atoms with E-state index in [9.17, 15) is 14.9 Å². The number of hydrogen-bond donors (Lipinski definition) is 4. The van der Waals surface area contributed by atoms with Crippen LogP contribution in [-0.4, -0.2) is 53.5 Å². The van der Waals surface area contributed by atoms with Crippen LogP contribution in [0.15, 0.2) is 42.2 Å². The molecule has 0 spiro atoms. The van der Waals surface area contributed by atoms with E-state index in [4.69, 9.17) is 15.2 Å². The van der Waals surface area contributed by atoms with Crippen molar-refractivity contribution >= 4 is 34.9 Å². The van der Waals surface area contributed by atoms with Crippen LogP contribution >= 0.6 is 0 Å². The van der Waals surface area contributed by atoms with Crippen LogP contribution in [0.3, 0.4) is 0 Å². The Morgan fingerprint density at radius 2 is 1.85 bits per heavy atom. The van der Waals surface area contributed by atoms with Crippen LogP contribution in [0.2, 0.25) is 0 Å². The highest BCUT2D eigenvalue weighted by molar-refractivity contribution is 6.04. The summed E-state index contributed by atoms with van der Waals surface area (Å²) in [4.78, 5) is 34.1. The van der Waals surface area contributed by atoms with Crippen molar-refractivity contribution < 1.29 is 19.1 Å². The van der Waals surface area contributed by atoms with Gasteiger partial charge in [-0.1, -0.05) is 39.7 Å². The maximum Gasteiger partial charge on any atom is 0.261 e. The summed E-state index contributed by atoms with van der Waals surface area (Å²) in [6, 6.07) is 7.19. The minimum absolute atomic E-state index is 0.114. The van der Waals surface area contributed by atoms with Gasteiger partial charge in [0.2, 0.25) is 5.95 Å². The Labute approximate surface area is 239 Å². The number of allylic oxidation sites excluding steroid dienone is 1. The Morgan fingerprint density at radius 1 is 1.15 bits per heavy atom. The van der Waals surface area contributed by atoms with E-state index >= 15 is 0 Å². The Bertz CT molecular complexity index is 1430. The van der Waals surface area contributed by atoms with Crippen LogP contribution in [0.25, 0.3) is 5.65 Å². The van der Waals surface area contributed by atoms with Crippen molar-refractivity contribution in [3.8, 4) is 17.6 Å². The lowest BCUT2D eigenvalue weighted by atomic mass is 9.93. The molecular weight excluding hydrogens is 524 g/mol.